The highest BCUT2D eigenvalue weighted by atomic mass is 35.5. The minimum absolute atomic E-state index is 0.0628. The Hall–Kier alpha value is -2.64. The lowest BCUT2D eigenvalue weighted by Crippen LogP contribution is -2.10. The molecular weight excluding hydrogens is 298 g/mol. The van der Waals surface area contributed by atoms with Gasteiger partial charge in [0, 0.05) is 12.8 Å². The molecule has 3 rings (SSSR count). The number of aromatic nitrogens is 2. The number of hydrogen-bond acceptors (Lipinski definition) is 3. The summed E-state index contributed by atoms with van der Waals surface area (Å²) in [6.45, 7) is 0. The number of Topliss-reactive ketones (excluding diaryl/α,β-unsaturated/α-hetero) is 1. The maximum atomic E-state index is 12.3. The van der Waals surface area contributed by atoms with Gasteiger partial charge >= 0.3 is 0 Å². The monoisotopic (exact) mass is 309 g/mol. The lowest BCUT2D eigenvalue weighted by molar-refractivity contribution is -0.117. The van der Waals surface area contributed by atoms with E-state index < -0.39 is 0 Å². The second kappa shape index (κ2) is 6.00. The maximum Gasteiger partial charge on any atom is 0.143 e. The van der Waals surface area contributed by atoms with Crippen LogP contribution in [0.2, 0.25) is 5.02 Å². The van der Waals surface area contributed by atoms with Crippen molar-refractivity contribution in [3.05, 3.63) is 70.8 Å². The van der Waals surface area contributed by atoms with Crippen molar-refractivity contribution in [3.8, 4) is 6.07 Å². The Labute approximate surface area is 132 Å². The van der Waals surface area contributed by atoms with Crippen molar-refractivity contribution >= 4 is 22.9 Å². The topological polar surface area (TPSA) is 58.2 Å². The number of fused-ring (bicyclic) bond motifs is 1. The molecule has 0 unspecified atom stereocenters. The van der Waals surface area contributed by atoms with Crippen LogP contribution in [0.25, 0.3) is 5.52 Å². The Balaban J connectivity index is 1.79. The van der Waals surface area contributed by atoms with Crippen LogP contribution in [0.4, 0.5) is 0 Å². The van der Waals surface area contributed by atoms with Crippen LogP contribution in [0, 0.1) is 11.3 Å². The summed E-state index contributed by atoms with van der Waals surface area (Å²) in [5.74, 6) is 0.0628. The average molecular weight is 310 g/mol. The van der Waals surface area contributed by atoms with Gasteiger partial charge in [0.2, 0.25) is 0 Å². The van der Waals surface area contributed by atoms with Crippen molar-refractivity contribution in [1.82, 2.24) is 9.38 Å². The molecule has 0 atom stereocenters. The van der Waals surface area contributed by atoms with E-state index >= 15 is 0 Å². The van der Waals surface area contributed by atoms with Gasteiger partial charge in [-0.15, -0.1) is 0 Å². The highest BCUT2D eigenvalue weighted by Gasteiger charge is 2.12. The fraction of sp³-hybridized carbons (Fsp3) is 0.118. The summed E-state index contributed by atoms with van der Waals surface area (Å²) >= 11 is 6.21. The molecule has 5 heteroatoms. The van der Waals surface area contributed by atoms with Crippen molar-refractivity contribution in [2.24, 2.45) is 0 Å². The van der Waals surface area contributed by atoms with Crippen LogP contribution in [-0.2, 0) is 17.6 Å². The van der Waals surface area contributed by atoms with E-state index in [-0.39, 0.29) is 12.2 Å². The van der Waals surface area contributed by atoms with Crippen LogP contribution in [0.5, 0.6) is 0 Å². The minimum atomic E-state index is 0.0628. The first kappa shape index (κ1) is 14.3. The third-order valence-electron chi connectivity index (χ3n) is 3.48. The van der Waals surface area contributed by atoms with Gasteiger partial charge in [0.1, 0.15) is 5.78 Å². The number of pyridine rings is 1. The molecule has 0 aliphatic carbocycles. The van der Waals surface area contributed by atoms with Crippen LogP contribution in [0.15, 0.2) is 48.9 Å². The van der Waals surface area contributed by atoms with Gasteiger partial charge in [-0.3, -0.25) is 4.79 Å². The van der Waals surface area contributed by atoms with Gasteiger partial charge < -0.3 is 4.40 Å². The summed E-state index contributed by atoms with van der Waals surface area (Å²) in [6, 6.07) is 12.7. The molecular formula is C17H12ClN3O. The minimum Gasteiger partial charge on any atom is -0.301 e. The number of hydrogen-bond donors (Lipinski definition) is 0. The Morgan fingerprint density at radius 2 is 1.95 bits per heavy atom. The summed E-state index contributed by atoms with van der Waals surface area (Å²) in [4.78, 5) is 16.4. The summed E-state index contributed by atoms with van der Waals surface area (Å²) < 4.78 is 1.83. The molecule has 0 bridgehead atoms. The first-order valence-corrected chi connectivity index (χ1v) is 7.15. The second-order valence-corrected chi connectivity index (χ2v) is 5.42. The van der Waals surface area contributed by atoms with Crippen molar-refractivity contribution in [1.29, 1.82) is 5.26 Å². The highest BCUT2D eigenvalue weighted by molar-refractivity contribution is 6.31. The van der Waals surface area contributed by atoms with Gasteiger partial charge in [-0.25, -0.2) is 4.98 Å². The standard InChI is InChI=1S/C17H12ClN3O/c18-16-6-5-14-10-20-11-21(14)17(16)8-15(22)7-12-1-3-13(9-19)4-2-12/h1-6,10-11H,7-8H2. The summed E-state index contributed by atoms with van der Waals surface area (Å²) in [5, 5.41) is 9.33. The molecule has 1 aromatic carbocycles. The van der Waals surface area contributed by atoms with Gasteiger partial charge in [0.15, 0.2) is 0 Å². The molecule has 0 aliphatic heterocycles. The molecule has 0 spiro atoms. The van der Waals surface area contributed by atoms with Gasteiger partial charge in [0.25, 0.3) is 0 Å². The molecule has 0 amide bonds. The number of imidazole rings is 1. The first-order valence-electron chi connectivity index (χ1n) is 6.77. The summed E-state index contributed by atoms with van der Waals surface area (Å²) in [6.07, 6.45) is 3.94. The number of halogens is 1. The molecule has 0 radical (unpaired) electrons. The Kier molecular flexibility index (Phi) is 3.90. The molecule has 4 nitrogen and oxygen atoms in total. The van der Waals surface area contributed by atoms with Crippen molar-refractivity contribution in [3.63, 3.8) is 0 Å². The van der Waals surface area contributed by atoms with E-state index in [9.17, 15) is 4.79 Å². The molecule has 0 aliphatic rings. The zero-order valence-corrected chi connectivity index (χ0v) is 12.4. The average Bonchev–Trinajstić information content (AvgIpc) is 3.00. The summed E-state index contributed by atoms with van der Waals surface area (Å²) in [7, 11) is 0. The third kappa shape index (κ3) is 2.85. The van der Waals surface area contributed by atoms with E-state index in [0.717, 1.165) is 16.8 Å². The smallest absolute Gasteiger partial charge is 0.143 e. The van der Waals surface area contributed by atoms with Crippen LogP contribution < -0.4 is 0 Å². The number of carbonyl (C=O) groups excluding carboxylic acids is 1. The Bertz CT molecular complexity index is 875. The quantitative estimate of drug-likeness (QED) is 0.743. The highest BCUT2D eigenvalue weighted by Crippen LogP contribution is 2.19. The number of carbonyl (C=O) groups is 1. The molecule has 0 N–H and O–H groups in total. The van der Waals surface area contributed by atoms with Crippen LogP contribution in [0.3, 0.4) is 0 Å². The largest absolute Gasteiger partial charge is 0.301 e. The predicted molar refractivity (Wildman–Crippen MR) is 83.8 cm³/mol. The molecule has 2 heterocycles. The Morgan fingerprint density at radius 3 is 2.68 bits per heavy atom. The normalized spacial score (nSPS) is 10.5. The second-order valence-electron chi connectivity index (χ2n) is 5.02. The molecule has 3 aromatic rings. The van der Waals surface area contributed by atoms with E-state index in [1.165, 1.54) is 0 Å². The first-order chi connectivity index (χ1) is 10.7. The lowest BCUT2D eigenvalue weighted by Gasteiger charge is -2.08. The molecule has 2 aromatic heterocycles. The van der Waals surface area contributed by atoms with E-state index in [4.69, 9.17) is 16.9 Å². The number of benzene rings is 1. The van der Waals surface area contributed by atoms with Crippen molar-refractivity contribution in [2.75, 3.05) is 0 Å². The molecule has 0 saturated carbocycles. The predicted octanol–water partition coefficient (Wildman–Crippen LogP) is 3.21. The number of nitrogens with zero attached hydrogens (tertiary/aromatic N) is 3. The van der Waals surface area contributed by atoms with E-state index in [1.54, 1.807) is 42.9 Å². The van der Waals surface area contributed by atoms with E-state index in [1.807, 2.05) is 10.5 Å². The summed E-state index contributed by atoms with van der Waals surface area (Å²) in [5.41, 5.74) is 3.13. The molecule has 22 heavy (non-hydrogen) atoms. The van der Waals surface area contributed by atoms with Gasteiger partial charge in [-0.1, -0.05) is 23.7 Å². The third-order valence-corrected chi connectivity index (χ3v) is 3.83. The van der Waals surface area contributed by atoms with Gasteiger partial charge in [0.05, 0.1) is 40.4 Å². The zero-order valence-electron chi connectivity index (χ0n) is 11.7. The lowest BCUT2D eigenvalue weighted by atomic mass is 10.0. The van der Waals surface area contributed by atoms with Gasteiger partial charge in [-0.05, 0) is 29.8 Å². The molecule has 108 valence electrons. The SMILES string of the molecule is N#Cc1ccc(CC(=O)Cc2c(Cl)ccc3cncn23)cc1. The number of rotatable bonds is 4. The van der Waals surface area contributed by atoms with Crippen molar-refractivity contribution in [2.45, 2.75) is 12.8 Å². The maximum absolute atomic E-state index is 12.3. The van der Waals surface area contributed by atoms with E-state index in [0.29, 0.717) is 17.0 Å². The van der Waals surface area contributed by atoms with Crippen LogP contribution in [-0.4, -0.2) is 15.2 Å². The molecule has 0 saturated heterocycles. The number of ketones is 1. The van der Waals surface area contributed by atoms with E-state index in [2.05, 4.69) is 11.1 Å². The van der Waals surface area contributed by atoms with Crippen LogP contribution >= 0.6 is 11.6 Å². The fourth-order valence-corrected chi connectivity index (χ4v) is 2.59. The fourth-order valence-electron chi connectivity index (χ4n) is 2.37. The Morgan fingerprint density at radius 1 is 1.18 bits per heavy atom. The number of nitriles is 1. The van der Waals surface area contributed by atoms with Crippen LogP contribution in [0.1, 0.15) is 16.8 Å². The molecule has 0 fully saturated rings. The zero-order chi connectivity index (χ0) is 15.5. The van der Waals surface area contributed by atoms with Crippen molar-refractivity contribution < 1.29 is 4.79 Å². The van der Waals surface area contributed by atoms with Gasteiger partial charge in [-0.2, -0.15) is 5.26 Å².